The Hall–Kier alpha value is -2.84. The zero-order valence-electron chi connectivity index (χ0n) is 13.5. The molecule has 0 fully saturated rings. The molecule has 0 saturated heterocycles. The monoisotopic (exact) mass is 341 g/mol. The number of carbonyl (C=O) groups is 3. The van der Waals surface area contributed by atoms with E-state index in [2.05, 4.69) is 20.7 Å². The predicted molar refractivity (Wildman–Crippen MR) is 85.2 cm³/mol. The number of anilines is 2. The molecule has 9 heteroatoms. The molecule has 3 N–H and O–H groups in total. The van der Waals surface area contributed by atoms with Gasteiger partial charge in [-0.05, 0) is 32.0 Å². The van der Waals surface area contributed by atoms with Crippen molar-refractivity contribution in [1.29, 1.82) is 0 Å². The fraction of sp³-hybridized carbons (Fsp3) is 0.400. The number of benzene rings is 1. The molecular weight excluding hydrogens is 321 g/mol. The van der Waals surface area contributed by atoms with Crippen LogP contribution in [0.25, 0.3) is 0 Å². The maximum absolute atomic E-state index is 13.9. The summed E-state index contributed by atoms with van der Waals surface area (Å²) in [5, 5.41) is 7.25. The molecule has 8 nitrogen and oxygen atoms in total. The summed E-state index contributed by atoms with van der Waals surface area (Å²) in [6, 6.07) is 3.22. The van der Waals surface area contributed by atoms with E-state index in [9.17, 15) is 18.8 Å². The van der Waals surface area contributed by atoms with Gasteiger partial charge >= 0.3 is 18.0 Å². The van der Waals surface area contributed by atoms with Crippen LogP contribution in [0, 0.1) is 5.82 Å². The number of halogens is 1. The number of esters is 2. The molecule has 1 rings (SSSR count). The average Bonchev–Trinajstić information content (AvgIpc) is 2.53. The van der Waals surface area contributed by atoms with Gasteiger partial charge in [-0.15, -0.1) is 0 Å². The highest BCUT2D eigenvalue weighted by atomic mass is 19.1. The molecule has 0 aromatic heterocycles. The van der Waals surface area contributed by atoms with Gasteiger partial charge in [0, 0.05) is 5.69 Å². The molecule has 0 aliphatic rings. The number of urea groups is 1. The molecule has 0 aliphatic carbocycles. The molecule has 2 amide bonds. The molecule has 0 aliphatic heterocycles. The zero-order valence-corrected chi connectivity index (χ0v) is 13.5. The summed E-state index contributed by atoms with van der Waals surface area (Å²) in [7, 11) is 0. The third-order valence-corrected chi connectivity index (χ3v) is 2.65. The molecule has 132 valence electrons. The van der Waals surface area contributed by atoms with Crippen LogP contribution in [0.2, 0.25) is 0 Å². The SMILES string of the molecule is CCOC(=O)CNC(=O)Nc1ccc(NCC(=O)OCC)c(F)c1. The van der Waals surface area contributed by atoms with Gasteiger partial charge < -0.3 is 25.4 Å². The lowest BCUT2D eigenvalue weighted by Crippen LogP contribution is -2.34. The Morgan fingerprint density at radius 3 is 2.25 bits per heavy atom. The Bertz CT molecular complexity index is 594. The van der Waals surface area contributed by atoms with Crippen LogP contribution < -0.4 is 16.0 Å². The number of carbonyl (C=O) groups excluding carboxylic acids is 3. The molecule has 0 atom stereocenters. The molecule has 0 spiro atoms. The molecule has 1 aromatic carbocycles. The Balaban J connectivity index is 2.50. The van der Waals surface area contributed by atoms with Gasteiger partial charge in [-0.2, -0.15) is 0 Å². The van der Waals surface area contributed by atoms with Crippen LogP contribution in [0.3, 0.4) is 0 Å². The van der Waals surface area contributed by atoms with Crippen LogP contribution in [0.1, 0.15) is 13.8 Å². The van der Waals surface area contributed by atoms with Crippen LogP contribution in [0.15, 0.2) is 18.2 Å². The summed E-state index contributed by atoms with van der Waals surface area (Å²) in [4.78, 5) is 33.9. The standard InChI is InChI=1S/C15H20FN3O5/c1-3-23-13(20)8-17-12-6-5-10(7-11(12)16)19-15(22)18-9-14(21)24-4-2/h5-7,17H,3-4,8-9H2,1-2H3,(H2,18,19,22). The van der Waals surface area contributed by atoms with Gasteiger partial charge in [-0.1, -0.05) is 0 Å². The smallest absolute Gasteiger partial charge is 0.325 e. The van der Waals surface area contributed by atoms with E-state index in [1.807, 2.05) is 0 Å². The summed E-state index contributed by atoms with van der Waals surface area (Å²) < 4.78 is 23.3. The maximum atomic E-state index is 13.9. The van der Waals surface area contributed by atoms with Crippen molar-refractivity contribution in [3.63, 3.8) is 0 Å². The van der Waals surface area contributed by atoms with Crippen LogP contribution in [0.4, 0.5) is 20.6 Å². The highest BCUT2D eigenvalue weighted by Gasteiger charge is 2.09. The van der Waals surface area contributed by atoms with Crippen molar-refractivity contribution in [2.75, 3.05) is 36.9 Å². The highest BCUT2D eigenvalue weighted by Crippen LogP contribution is 2.18. The van der Waals surface area contributed by atoms with Crippen molar-refractivity contribution >= 4 is 29.3 Å². The summed E-state index contributed by atoms with van der Waals surface area (Å²) in [5.74, 6) is -1.72. The Morgan fingerprint density at radius 1 is 1.04 bits per heavy atom. The van der Waals surface area contributed by atoms with Crippen molar-refractivity contribution in [1.82, 2.24) is 5.32 Å². The molecule has 0 saturated carbocycles. The first-order chi connectivity index (χ1) is 11.5. The fourth-order valence-corrected chi connectivity index (χ4v) is 1.66. The first-order valence-electron chi connectivity index (χ1n) is 7.35. The van der Waals surface area contributed by atoms with E-state index in [1.165, 1.54) is 12.1 Å². The largest absolute Gasteiger partial charge is 0.465 e. The van der Waals surface area contributed by atoms with Gasteiger partial charge in [0.1, 0.15) is 18.9 Å². The van der Waals surface area contributed by atoms with Gasteiger partial charge in [0.05, 0.1) is 18.9 Å². The highest BCUT2D eigenvalue weighted by molar-refractivity contribution is 5.91. The molecule has 0 bridgehead atoms. The van der Waals surface area contributed by atoms with Gasteiger partial charge in [0.25, 0.3) is 0 Å². The van der Waals surface area contributed by atoms with Crippen molar-refractivity contribution in [2.24, 2.45) is 0 Å². The van der Waals surface area contributed by atoms with E-state index in [4.69, 9.17) is 4.74 Å². The molecule has 0 heterocycles. The molecular formula is C15H20FN3O5. The summed E-state index contributed by atoms with van der Waals surface area (Å²) >= 11 is 0. The zero-order chi connectivity index (χ0) is 17.9. The maximum Gasteiger partial charge on any atom is 0.325 e. The van der Waals surface area contributed by atoms with Crippen LogP contribution in [0.5, 0.6) is 0 Å². The minimum Gasteiger partial charge on any atom is -0.465 e. The third-order valence-electron chi connectivity index (χ3n) is 2.65. The fourth-order valence-electron chi connectivity index (χ4n) is 1.66. The number of rotatable bonds is 8. The lowest BCUT2D eigenvalue weighted by atomic mass is 10.2. The Labute approximate surface area is 138 Å². The van der Waals surface area contributed by atoms with Crippen LogP contribution >= 0.6 is 0 Å². The van der Waals surface area contributed by atoms with Crippen molar-refractivity contribution in [2.45, 2.75) is 13.8 Å². The predicted octanol–water partition coefficient (Wildman–Crippen LogP) is 1.49. The average molecular weight is 341 g/mol. The van der Waals surface area contributed by atoms with Crippen molar-refractivity contribution < 1.29 is 28.2 Å². The number of hydrogen-bond acceptors (Lipinski definition) is 6. The van der Waals surface area contributed by atoms with Crippen LogP contribution in [-0.4, -0.2) is 44.3 Å². The van der Waals surface area contributed by atoms with Gasteiger partial charge in [0.2, 0.25) is 0 Å². The van der Waals surface area contributed by atoms with Gasteiger partial charge in [-0.25, -0.2) is 9.18 Å². The van der Waals surface area contributed by atoms with Gasteiger partial charge in [-0.3, -0.25) is 9.59 Å². The second-order valence-corrected chi connectivity index (χ2v) is 4.47. The first-order valence-corrected chi connectivity index (χ1v) is 7.35. The normalized spacial score (nSPS) is 9.79. The molecule has 0 unspecified atom stereocenters. The molecule has 24 heavy (non-hydrogen) atoms. The third kappa shape index (κ3) is 6.95. The quantitative estimate of drug-likeness (QED) is 0.619. The number of amides is 2. The van der Waals surface area contributed by atoms with E-state index < -0.39 is 23.8 Å². The summed E-state index contributed by atoms with van der Waals surface area (Å²) in [6.45, 7) is 3.32. The molecule has 1 aromatic rings. The number of hydrogen-bond donors (Lipinski definition) is 3. The van der Waals surface area contributed by atoms with Gasteiger partial charge in [0.15, 0.2) is 0 Å². The number of ether oxygens (including phenoxy) is 2. The minimum atomic E-state index is -0.672. The lowest BCUT2D eigenvalue weighted by Gasteiger charge is -2.10. The Kier molecular flexibility index (Phi) is 8.03. The van der Waals surface area contributed by atoms with E-state index in [0.29, 0.717) is 0 Å². The molecule has 0 radical (unpaired) electrons. The van der Waals surface area contributed by atoms with Crippen molar-refractivity contribution in [3.8, 4) is 0 Å². The minimum absolute atomic E-state index is 0.0977. The van der Waals surface area contributed by atoms with Crippen molar-refractivity contribution in [3.05, 3.63) is 24.0 Å². The first kappa shape index (κ1) is 19.2. The van der Waals surface area contributed by atoms with E-state index in [0.717, 1.165) is 6.07 Å². The van der Waals surface area contributed by atoms with E-state index in [1.54, 1.807) is 13.8 Å². The van der Waals surface area contributed by atoms with E-state index >= 15 is 0 Å². The Morgan fingerprint density at radius 2 is 1.67 bits per heavy atom. The second-order valence-electron chi connectivity index (χ2n) is 4.47. The summed E-state index contributed by atoms with van der Waals surface area (Å²) in [6.07, 6.45) is 0. The second kappa shape index (κ2) is 10.0. The topological polar surface area (TPSA) is 106 Å². The lowest BCUT2D eigenvalue weighted by molar-refractivity contribution is -0.142. The summed E-state index contributed by atoms with van der Waals surface area (Å²) in [5.41, 5.74) is 0.288. The van der Waals surface area contributed by atoms with Crippen LogP contribution in [-0.2, 0) is 19.1 Å². The van der Waals surface area contributed by atoms with E-state index in [-0.39, 0.29) is 37.7 Å². The number of nitrogens with one attached hydrogen (secondary N) is 3.